The molecule has 18 heavy (non-hydrogen) atoms. The van der Waals surface area contributed by atoms with Gasteiger partial charge in [0.1, 0.15) is 5.75 Å². The van der Waals surface area contributed by atoms with Crippen LogP contribution in [0.15, 0.2) is 61.2 Å². The summed E-state index contributed by atoms with van der Waals surface area (Å²) in [6.45, 7) is 3.35. The molecule has 2 rings (SSSR count). The maximum Gasteiger partial charge on any atom is 0.335 e. The Morgan fingerprint density at radius 1 is 1.11 bits per heavy atom. The Balaban J connectivity index is 2.42. The van der Waals surface area contributed by atoms with E-state index in [1.165, 1.54) is 0 Å². The van der Waals surface area contributed by atoms with Crippen LogP contribution in [0, 0.1) is 0 Å². The van der Waals surface area contributed by atoms with E-state index in [0.29, 0.717) is 10.8 Å². The van der Waals surface area contributed by atoms with Crippen molar-refractivity contribution in [3.8, 4) is 16.9 Å². The summed E-state index contributed by atoms with van der Waals surface area (Å²) < 4.78 is 5.07. The van der Waals surface area contributed by atoms with E-state index >= 15 is 0 Å². The number of benzene rings is 2. The van der Waals surface area contributed by atoms with Crippen LogP contribution in [0.25, 0.3) is 11.1 Å². The minimum absolute atomic E-state index is 0.336. The van der Waals surface area contributed by atoms with E-state index in [1.54, 1.807) is 12.1 Å². The zero-order valence-electron chi connectivity index (χ0n) is 9.60. The Morgan fingerprint density at radius 3 is 2.50 bits per heavy atom. The summed E-state index contributed by atoms with van der Waals surface area (Å²) >= 11 is 6.23. The molecule has 0 amide bonds. The molecule has 0 radical (unpaired) electrons. The third kappa shape index (κ3) is 2.60. The highest BCUT2D eigenvalue weighted by molar-refractivity contribution is 6.35. The highest BCUT2D eigenvalue weighted by Gasteiger charge is 2.10. The van der Waals surface area contributed by atoms with Gasteiger partial charge in [0.25, 0.3) is 0 Å². The van der Waals surface area contributed by atoms with Gasteiger partial charge >= 0.3 is 5.97 Å². The molecule has 0 atom stereocenters. The monoisotopic (exact) mass is 258 g/mol. The Morgan fingerprint density at radius 2 is 1.83 bits per heavy atom. The molecule has 0 aliphatic rings. The quantitative estimate of drug-likeness (QED) is 0.471. The molecule has 0 bridgehead atoms. The molecule has 0 saturated heterocycles. The minimum Gasteiger partial charge on any atom is -0.422 e. The average molecular weight is 259 g/mol. The smallest absolute Gasteiger partial charge is 0.335 e. The highest BCUT2D eigenvalue weighted by atomic mass is 35.5. The van der Waals surface area contributed by atoms with E-state index in [4.69, 9.17) is 16.3 Å². The number of hydrogen-bond acceptors (Lipinski definition) is 2. The molecule has 2 aromatic rings. The zero-order valence-corrected chi connectivity index (χ0v) is 10.4. The van der Waals surface area contributed by atoms with Crippen LogP contribution in [-0.2, 0) is 4.79 Å². The van der Waals surface area contributed by atoms with E-state index in [0.717, 1.165) is 17.2 Å². The summed E-state index contributed by atoms with van der Waals surface area (Å²) in [6.07, 6.45) is 1.10. The van der Waals surface area contributed by atoms with Crippen LogP contribution in [-0.4, -0.2) is 5.97 Å². The van der Waals surface area contributed by atoms with Crippen LogP contribution in [0.3, 0.4) is 0 Å². The van der Waals surface area contributed by atoms with Crippen molar-refractivity contribution in [3.63, 3.8) is 0 Å². The molecule has 0 saturated carbocycles. The number of carbonyl (C=O) groups excluding carboxylic acids is 1. The van der Waals surface area contributed by atoms with Crippen molar-refractivity contribution in [2.24, 2.45) is 0 Å². The molecule has 3 heteroatoms. The van der Waals surface area contributed by atoms with E-state index in [-0.39, 0.29) is 0 Å². The number of hydrogen-bond donors (Lipinski definition) is 0. The second-order valence-electron chi connectivity index (χ2n) is 3.61. The van der Waals surface area contributed by atoms with E-state index in [1.807, 2.05) is 36.4 Å². The molecule has 0 aromatic heterocycles. The molecule has 2 nitrogen and oxygen atoms in total. The lowest BCUT2D eigenvalue weighted by Crippen LogP contribution is -2.03. The first kappa shape index (κ1) is 12.4. The topological polar surface area (TPSA) is 26.3 Å². The van der Waals surface area contributed by atoms with Gasteiger partial charge in [0, 0.05) is 11.6 Å². The molecular weight excluding hydrogens is 248 g/mol. The van der Waals surface area contributed by atoms with E-state index in [9.17, 15) is 4.79 Å². The molecule has 0 heterocycles. The molecule has 0 N–H and O–H groups in total. The minimum atomic E-state index is -0.526. The number of rotatable bonds is 3. The lowest BCUT2D eigenvalue weighted by molar-refractivity contribution is -0.128. The van der Waals surface area contributed by atoms with Gasteiger partial charge in [-0.3, -0.25) is 0 Å². The Kier molecular flexibility index (Phi) is 3.80. The second kappa shape index (κ2) is 5.52. The molecule has 0 aliphatic carbocycles. The van der Waals surface area contributed by atoms with Crippen molar-refractivity contribution in [3.05, 3.63) is 66.2 Å². The Bertz CT molecular complexity index is 576. The number of esters is 1. The fourth-order valence-corrected chi connectivity index (χ4v) is 1.85. The average Bonchev–Trinajstić information content (AvgIpc) is 2.42. The van der Waals surface area contributed by atoms with Gasteiger partial charge in [-0.15, -0.1) is 0 Å². The molecule has 2 aromatic carbocycles. The normalized spacial score (nSPS) is 9.83. The lowest BCUT2D eigenvalue weighted by Gasteiger charge is -2.09. The van der Waals surface area contributed by atoms with Crippen LogP contribution in [0.5, 0.6) is 5.75 Å². The highest BCUT2D eigenvalue weighted by Crippen LogP contribution is 2.35. The zero-order chi connectivity index (χ0) is 13.0. The standard InChI is InChI=1S/C15H11ClO2/c1-2-14(17)18-13-10-6-9-12(15(13)16)11-7-4-3-5-8-11/h2-10H,1H2. The van der Waals surface area contributed by atoms with Gasteiger partial charge in [0.2, 0.25) is 0 Å². The summed E-state index contributed by atoms with van der Waals surface area (Å²) in [7, 11) is 0. The van der Waals surface area contributed by atoms with Crippen molar-refractivity contribution < 1.29 is 9.53 Å². The maximum atomic E-state index is 11.2. The van der Waals surface area contributed by atoms with Crippen molar-refractivity contribution in [2.45, 2.75) is 0 Å². The predicted octanol–water partition coefficient (Wildman–Crippen LogP) is 4.10. The van der Waals surface area contributed by atoms with Gasteiger partial charge in [-0.1, -0.05) is 60.6 Å². The van der Waals surface area contributed by atoms with E-state index in [2.05, 4.69) is 6.58 Å². The van der Waals surface area contributed by atoms with Crippen LogP contribution >= 0.6 is 11.6 Å². The van der Waals surface area contributed by atoms with Crippen molar-refractivity contribution in [2.75, 3.05) is 0 Å². The first-order valence-electron chi connectivity index (χ1n) is 5.40. The first-order chi connectivity index (χ1) is 8.72. The van der Waals surface area contributed by atoms with Gasteiger partial charge < -0.3 is 4.74 Å². The van der Waals surface area contributed by atoms with Gasteiger partial charge in [-0.25, -0.2) is 4.79 Å². The third-order valence-electron chi connectivity index (χ3n) is 2.43. The van der Waals surface area contributed by atoms with Crippen molar-refractivity contribution in [1.29, 1.82) is 0 Å². The van der Waals surface area contributed by atoms with Crippen LogP contribution in [0.1, 0.15) is 0 Å². The predicted molar refractivity (Wildman–Crippen MR) is 72.7 cm³/mol. The van der Waals surface area contributed by atoms with E-state index < -0.39 is 5.97 Å². The molecule has 90 valence electrons. The molecular formula is C15H11ClO2. The fraction of sp³-hybridized carbons (Fsp3) is 0. The summed E-state index contributed by atoms with van der Waals surface area (Å²) in [5.41, 5.74) is 1.80. The number of carbonyl (C=O) groups is 1. The molecule has 0 spiro atoms. The fourth-order valence-electron chi connectivity index (χ4n) is 1.58. The third-order valence-corrected chi connectivity index (χ3v) is 2.82. The van der Waals surface area contributed by atoms with Crippen LogP contribution < -0.4 is 4.74 Å². The van der Waals surface area contributed by atoms with Gasteiger partial charge in [-0.2, -0.15) is 0 Å². The van der Waals surface area contributed by atoms with Gasteiger partial charge in [0.05, 0.1) is 5.02 Å². The van der Waals surface area contributed by atoms with Crippen molar-refractivity contribution in [1.82, 2.24) is 0 Å². The lowest BCUT2D eigenvalue weighted by atomic mass is 10.1. The summed E-state index contributed by atoms with van der Waals surface area (Å²) in [4.78, 5) is 11.2. The summed E-state index contributed by atoms with van der Waals surface area (Å²) in [5, 5.41) is 0.416. The Labute approximate surface area is 110 Å². The first-order valence-corrected chi connectivity index (χ1v) is 5.78. The SMILES string of the molecule is C=CC(=O)Oc1cccc(-c2ccccc2)c1Cl. The Hall–Kier alpha value is -2.06. The summed E-state index contributed by atoms with van der Waals surface area (Å²) in [6, 6.07) is 15.0. The van der Waals surface area contributed by atoms with Gasteiger partial charge in [0.15, 0.2) is 0 Å². The second-order valence-corrected chi connectivity index (χ2v) is 3.99. The van der Waals surface area contributed by atoms with Crippen LogP contribution in [0.2, 0.25) is 5.02 Å². The maximum absolute atomic E-state index is 11.2. The molecule has 0 fully saturated rings. The molecule has 0 aliphatic heterocycles. The largest absolute Gasteiger partial charge is 0.422 e. The van der Waals surface area contributed by atoms with Crippen LogP contribution in [0.4, 0.5) is 0 Å². The summed E-state index contributed by atoms with van der Waals surface area (Å²) in [5.74, 6) is -0.190. The number of halogens is 1. The van der Waals surface area contributed by atoms with Gasteiger partial charge in [-0.05, 0) is 11.6 Å². The van der Waals surface area contributed by atoms with Crippen molar-refractivity contribution >= 4 is 17.6 Å². The molecule has 0 unspecified atom stereocenters. The number of ether oxygens (including phenoxy) is 1.